The predicted molar refractivity (Wildman–Crippen MR) is 140 cm³/mol. The van der Waals surface area contributed by atoms with Crippen LogP contribution in [0.4, 0.5) is 5.13 Å². The summed E-state index contributed by atoms with van der Waals surface area (Å²) in [5.74, 6) is 0.893. The number of nitrogens with one attached hydrogen (secondary N) is 1. The Bertz CT molecular complexity index is 1410. The van der Waals surface area contributed by atoms with Crippen molar-refractivity contribution in [2.24, 2.45) is 5.41 Å². The zero-order valence-corrected chi connectivity index (χ0v) is 21.9. The summed E-state index contributed by atoms with van der Waals surface area (Å²) in [5.41, 5.74) is 4.73. The summed E-state index contributed by atoms with van der Waals surface area (Å²) in [6.07, 6.45) is 0. The normalized spacial score (nSPS) is 15.4. The number of carbonyl (C=O) groups excluding carboxylic acids is 1. The van der Waals surface area contributed by atoms with E-state index in [1.165, 1.54) is 11.3 Å². The van der Waals surface area contributed by atoms with E-state index in [1.54, 1.807) is 5.51 Å². The topological polar surface area (TPSA) is 113 Å². The van der Waals surface area contributed by atoms with Gasteiger partial charge in [-0.15, -0.1) is 10.2 Å². The lowest BCUT2D eigenvalue weighted by Crippen LogP contribution is -2.38. The number of hydrogen-bond donors (Lipinski definition) is 1. The third-order valence-corrected chi connectivity index (χ3v) is 8.23. The zero-order valence-electron chi connectivity index (χ0n) is 20.3. The van der Waals surface area contributed by atoms with Crippen molar-refractivity contribution in [2.75, 3.05) is 11.1 Å². The first-order chi connectivity index (χ1) is 17.3. The van der Waals surface area contributed by atoms with Gasteiger partial charge in [0.2, 0.25) is 22.8 Å². The Hall–Kier alpha value is -3.34. The Morgan fingerprint density at radius 1 is 1.08 bits per heavy atom. The average molecular weight is 520 g/mol. The number of rotatable bonds is 6. The van der Waals surface area contributed by atoms with Gasteiger partial charge in [0.15, 0.2) is 4.90 Å². The molecule has 0 saturated carbocycles. The molecule has 184 valence electrons. The number of ether oxygens (including phenoxy) is 1. The van der Waals surface area contributed by atoms with Crippen molar-refractivity contribution in [3.63, 3.8) is 0 Å². The highest BCUT2D eigenvalue weighted by atomic mass is 32.2. The van der Waals surface area contributed by atoms with Gasteiger partial charge in [0.1, 0.15) is 11.3 Å². The van der Waals surface area contributed by atoms with Crippen molar-refractivity contribution in [3.05, 3.63) is 70.9 Å². The van der Waals surface area contributed by atoms with Gasteiger partial charge in [-0.3, -0.25) is 4.79 Å². The van der Waals surface area contributed by atoms with Crippen LogP contribution in [0, 0.1) is 12.3 Å². The molecule has 1 amide bonds. The van der Waals surface area contributed by atoms with Crippen molar-refractivity contribution in [2.45, 2.75) is 38.5 Å². The van der Waals surface area contributed by atoms with E-state index in [1.807, 2.05) is 76.2 Å². The third kappa shape index (κ3) is 4.47. The summed E-state index contributed by atoms with van der Waals surface area (Å²) in [6, 6.07) is 15.3. The van der Waals surface area contributed by atoms with E-state index in [9.17, 15) is 9.35 Å². The van der Waals surface area contributed by atoms with Gasteiger partial charge in [-0.25, -0.2) is 9.97 Å². The molecule has 5 rings (SSSR count). The number of aryl methyl sites for hydroxylation is 1. The SMILES string of the molecule is CC[S+]([O-])c1ccc(-c2ccc3c(n2)Oc2nc(C)ccc2[C@H]3C(C)(C)C(=O)Nc2nncs2)cc1. The number of hydrogen-bond acceptors (Lipinski definition) is 8. The second-order valence-corrected chi connectivity index (χ2v) is 11.6. The molecular formula is C26H25N5O3S2. The van der Waals surface area contributed by atoms with Crippen LogP contribution in [-0.2, 0) is 16.0 Å². The van der Waals surface area contributed by atoms with Gasteiger partial charge in [0.25, 0.3) is 0 Å². The van der Waals surface area contributed by atoms with E-state index in [2.05, 4.69) is 20.5 Å². The molecule has 0 radical (unpaired) electrons. The summed E-state index contributed by atoms with van der Waals surface area (Å²) in [5, 5.41) is 11.1. The van der Waals surface area contributed by atoms with Gasteiger partial charge in [0, 0.05) is 28.3 Å². The van der Waals surface area contributed by atoms with Crippen LogP contribution in [0.15, 0.2) is 58.9 Å². The molecular weight excluding hydrogens is 494 g/mol. The minimum absolute atomic E-state index is 0.188. The highest BCUT2D eigenvalue weighted by Crippen LogP contribution is 2.51. The zero-order chi connectivity index (χ0) is 25.4. The van der Waals surface area contributed by atoms with Gasteiger partial charge in [-0.05, 0) is 61.4 Å². The second-order valence-electron chi connectivity index (χ2n) is 9.05. The molecule has 3 aromatic heterocycles. The van der Waals surface area contributed by atoms with Crippen molar-refractivity contribution in [3.8, 4) is 23.0 Å². The van der Waals surface area contributed by atoms with Crippen molar-refractivity contribution in [1.29, 1.82) is 0 Å². The van der Waals surface area contributed by atoms with Gasteiger partial charge in [0.05, 0.1) is 11.1 Å². The van der Waals surface area contributed by atoms with Crippen LogP contribution in [0.25, 0.3) is 11.3 Å². The molecule has 4 aromatic rings. The number of fused-ring (bicyclic) bond motifs is 2. The maximum atomic E-state index is 13.4. The molecule has 0 aliphatic carbocycles. The molecule has 1 aromatic carbocycles. The lowest BCUT2D eigenvalue weighted by molar-refractivity contribution is -0.124. The molecule has 0 spiro atoms. The molecule has 1 N–H and O–H groups in total. The van der Waals surface area contributed by atoms with E-state index in [0.717, 1.165) is 27.3 Å². The third-order valence-electron chi connectivity index (χ3n) is 6.30. The molecule has 1 aliphatic heterocycles. The summed E-state index contributed by atoms with van der Waals surface area (Å²) >= 11 is 0.254. The highest BCUT2D eigenvalue weighted by molar-refractivity contribution is 7.91. The van der Waals surface area contributed by atoms with Crippen LogP contribution in [0.5, 0.6) is 11.8 Å². The molecule has 10 heteroatoms. The Balaban J connectivity index is 1.55. The molecule has 1 aliphatic rings. The minimum Gasteiger partial charge on any atom is -0.611 e. The second kappa shape index (κ2) is 9.61. The predicted octanol–water partition coefficient (Wildman–Crippen LogP) is 5.33. The van der Waals surface area contributed by atoms with Gasteiger partial charge in [-0.2, -0.15) is 0 Å². The highest BCUT2D eigenvalue weighted by Gasteiger charge is 2.45. The summed E-state index contributed by atoms with van der Waals surface area (Å²) < 4.78 is 18.3. The monoisotopic (exact) mass is 519 g/mol. The van der Waals surface area contributed by atoms with Crippen LogP contribution in [0.2, 0.25) is 0 Å². The van der Waals surface area contributed by atoms with E-state index < -0.39 is 16.6 Å². The molecule has 0 bridgehead atoms. The van der Waals surface area contributed by atoms with Crippen molar-refractivity contribution >= 4 is 33.6 Å². The maximum Gasteiger partial charge on any atom is 0.232 e. The summed E-state index contributed by atoms with van der Waals surface area (Å²) in [4.78, 5) is 23.6. The van der Waals surface area contributed by atoms with Crippen LogP contribution in [-0.4, -0.2) is 36.4 Å². The van der Waals surface area contributed by atoms with Crippen molar-refractivity contribution in [1.82, 2.24) is 20.2 Å². The number of nitrogens with zero attached hydrogens (tertiary/aromatic N) is 4. The van der Waals surface area contributed by atoms with Gasteiger partial charge >= 0.3 is 0 Å². The molecule has 1 unspecified atom stereocenters. The molecule has 4 heterocycles. The number of benzene rings is 1. The lowest BCUT2D eigenvalue weighted by Gasteiger charge is -2.37. The van der Waals surface area contributed by atoms with Crippen LogP contribution in [0.3, 0.4) is 0 Å². The Morgan fingerprint density at radius 3 is 2.44 bits per heavy atom. The number of pyridine rings is 2. The standard InChI is InChI=1S/C26H25N5O3S2/c1-5-36(33)17-9-7-16(8-10-17)20-13-12-19-21(26(3,4)24(32)30-25-31-27-14-35-25)18-11-6-15(2)28-22(18)34-23(19)29-20/h6-14,21H,5H2,1-4H3,(H,30,31,32)/t21-,36?/m1/s1. The van der Waals surface area contributed by atoms with Crippen LogP contribution < -0.4 is 10.1 Å². The van der Waals surface area contributed by atoms with Crippen molar-refractivity contribution < 1.29 is 14.1 Å². The molecule has 0 saturated heterocycles. The number of carbonyl (C=O) groups is 1. The van der Waals surface area contributed by atoms with E-state index in [-0.39, 0.29) is 11.8 Å². The largest absolute Gasteiger partial charge is 0.611 e. The Kier molecular flexibility index (Phi) is 6.50. The summed E-state index contributed by atoms with van der Waals surface area (Å²) in [6.45, 7) is 7.58. The number of aromatic nitrogens is 4. The Morgan fingerprint density at radius 2 is 1.78 bits per heavy atom. The number of amides is 1. The average Bonchev–Trinajstić information content (AvgIpc) is 3.39. The van der Waals surface area contributed by atoms with Gasteiger partial charge in [-0.1, -0.05) is 37.3 Å². The fourth-order valence-electron chi connectivity index (χ4n) is 4.36. The first-order valence-electron chi connectivity index (χ1n) is 11.5. The quantitative estimate of drug-likeness (QED) is 0.342. The first-order valence-corrected chi connectivity index (χ1v) is 13.7. The lowest BCUT2D eigenvalue weighted by atomic mass is 9.70. The van der Waals surface area contributed by atoms with Crippen LogP contribution in [0.1, 0.15) is 43.5 Å². The molecule has 36 heavy (non-hydrogen) atoms. The summed E-state index contributed by atoms with van der Waals surface area (Å²) in [7, 11) is 0. The molecule has 2 atom stereocenters. The Labute approximate surface area is 216 Å². The van der Waals surface area contributed by atoms with E-state index in [0.29, 0.717) is 28.3 Å². The van der Waals surface area contributed by atoms with E-state index in [4.69, 9.17) is 9.72 Å². The molecule has 0 fully saturated rings. The maximum absolute atomic E-state index is 13.4. The smallest absolute Gasteiger partial charge is 0.232 e. The molecule has 8 nitrogen and oxygen atoms in total. The van der Waals surface area contributed by atoms with E-state index >= 15 is 0 Å². The number of anilines is 1. The van der Waals surface area contributed by atoms with Gasteiger partial charge < -0.3 is 14.6 Å². The first kappa shape index (κ1) is 24.4. The van der Waals surface area contributed by atoms with Crippen LogP contribution >= 0.6 is 11.3 Å². The fourth-order valence-corrected chi connectivity index (χ4v) is 5.57. The fraction of sp³-hybridized carbons (Fsp3) is 0.269. The minimum atomic E-state index is -1.01.